The van der Waals surface area contributed by atoms with Gasteiger partial charge in [0.2, 0.25) is 0 Å². The number of carboxylic acid groups (broad SMARTS) is 1. The second-order valence-electron chi connectivity index (χ2n) is 4.52. The van der Waals surface area contributed by atoms with Crippen LogP contribution in [0.2, 0.25) is 0 Å². The Labute approximate surface area is 104 Å². The molecular formula is C11H15N3O2S. The number of aromatic nitrogens is 1. The third kappa shape index (κ3) is 2.23. The van der Waals surface area contributed by atoms with Crippen molar-refractivity contribution in [3.05, 3.63) is 23.9 Å². The van der Waals surface area contributed by atoms with Gasteiger partial charge in [-0.2, -0.15) is 0 Å². The number of anilines is 1. The summed E-state index contributed by atoms with van der Waals surface area (Å²) in [6.07, 6.45) is 1.62. The van der Waals surface area contributed by atoms with Gasteiger partial charge in [-0.25, -0.2) is 4.98 Å². The van der Waals surface area contributed by atoms with Crippen LogP contribution in [0.5, 0.6) is 0 Å². The molecule has 0 radical (unpaired) electrons. The van der Waals surface area contributed by atoms with E-state index in [0.29, 0.717) is 5.82 Å². The van der Waals surface area contributed by atoms with Gasteiger partial charge < -0.3 is 10.8 Å². The molecule has 0 unspecified atom stereocenters. The predicted octanol–water partition coefficient (Wildman–Crippen LogP) is 1.23. The molecule has 1 aromatic rings. The van der Waals surface area contributed by atoms with E-state index in [1.807, 2.05) is 19.9 Å². The number of carbonyl (C=O) groups is 1. The fraction of sp³-hybridized carbons (Fsp3) is 0.455. The molecule has 0 bridgehead atoms. The Morgan fingerprint density at radius 2 is 2.35 bits per heavy atom. The number of nitrogens with two attached hydrogens (primary N) is 1. The summed E-state index contributed by atoms with van der Waals surface area (Å²) in [4.78, 5) is 15.2. The van der Waals surface area contributed by atoms with E-state index in [1.54, 1.807) is 24.0 Å². The highest BCUT2D eigenvalue weighted by Gasteiger charge is 2.46. The van der Waals surface area contributed by atoms with Gasteiger partial charge in [-0.15, -0.1) is 11.8 Å². The predicted molar refractivity (Wildman–Crippen MR) is 67.6 cm³/mol. The molecule has 1 aliphatic rings. The third-order valence-corrected chi connectivity index (χ3v) is 4.30. The smallest absolute Gasteiger partial charge is 0.322 e. The van der Waals surface area contributed by atoms with Gasteiger partial charge in [0, 0.05) is 16.5 Å². The highest BCUT2D eigenvalue weighted by Crippen LogP contribution is 2.46. The average Bonchev–Trinajstić information content (AvgIpc) is 2.55. The van der Waals surface area contributed by atoms with Crippen LogP contribution < -0.4 is 11.1 Å². The Hall–Kier alpha value is -1.27. The van der Waals surface area contributed by atoms with Crippen LogP contribution in [0.1, 0.15) is 24.8 Å². The third-order valence-electron chi connectivity index (χ3n) is 2.84. The van der Waals surface area contributed by atoms with Crippen molar-refractivity contribution in [2.45, 2.75) is 30.0 Å². The van der Waals surface area contributed by atoms with Crippen LogP contribution >= 0.6 is 11.8 Å². The maximum absolute atomic E-state index is 11.2. The minimum Gasteiger partial charge on any atom is -0.480 e. The lowest BCUT2D eigenvalue weighted by Crippen LogP contribution is -2.43. The quantitative estimate of drug-likeness (QED) is 0.734. The first-order valence-electron chi connectivity index (χ1n) is 5.29. The Morgan fingerprint density at radius 3 is 2.88 bits per heavy atom. The number of nitrogens with zero attached hydrogens (tertiary/aromatic N) is 1. The Balaban J connectivity index is 2.28. The topological polar surface area (TPSA) is 88.2 Å². The van der Waals surface area contributed by atoms with Crippen LogP contribution in [0.4, 0.5) is 5.82 Å². The van der Waals surface area contributed by atoms with Crippen molar-refractivity contribution in [3.63, 3.8) is 0 Å². The first-order chi connectivity index (χ1) is 7.92. The standard InChI is InChI=1S/C11H15N3O2S/c1-11(2)7(10(15)16)14-9(17-11)6-4-3-5-13-8(6)12/h3-5,7,9,14H,1-2H3,(H2,12,13)(H,15,16)/t7-,9-/m1/s1. The summed E-state index contributed by atoms with van der Waals surface area (Å²) in [7, 11) is 0. The summed E-state index contributed by atoms with van der Waals surface area (Å²) >= 11 is 1.56. The molecule has 2 heterocycles. The minimum atomic E-state index is -0.840. The minimum absolute atomic E-state index is 0.125. The summed E-state index contributed by atoms with van der Waals surface area (Å²) in [5, 5.41) is 12.1. The molecule has 1 saturated heterocycles. The first kappa shape index (κ1) is 12.2. The van der Waals surface area contributed by atoms with Gasteiger partial charge in [-0.3, -0.25) is 10.1 Å². The van der Waals surface area contributed by atoms with E-state index >= 15 is 0 Å². The van der Waals surface area contributed by atoms with Crippen LogP contribution in [0.15, 0.2) is 18.3 Å². The van der Waals surface area contributed by atoms with Gasteiger partial charge in [0.25, 0.3) is 0 Å². The zero-order valence-corrected chi connectivity index (χ0v) is 10.5. The molecule has 1 fully saturated rings. The monoisotopic (exact) mass is 253 g/mol. The molecule has 92 valence electrons. The zero-order chi connectivity index (χ0) is 12.6. The lowest BCUT2D eigenvalue weighted by Gasteiger charge is -2.20. The van der Waals surface area contributed by atoms with E-state index in [9.17, 15) is 4.79 Å². The number of nitrogen functional groups attached to an aromatic ring is 1. The lowest BCUT2D eigenvalue weighted by molar-refractivity contribution is -0.139. The average molecular weight is 253 g/mol. The van der Waals surface area contributed by atoms with E-state index in [-0.39, 0.29) is 10.1 Å². The Bertz CT molecular complexity index is 450. The van der Waals surface area contributed by atoms with Crippen molar-refractivity contribution in [2.24, 2.45) is 0 Å². The van der Waals surface area contributed by atoms with E-state index in [2.05, 4.69) is 10.3 Å². The number of rotatable bonds is 2. The van der Waals surface area contributed by atoms with Crippen molar-refractivity contribution < 1.29 is 9.90 Å². The number of hydrogen-bond donors (Lipinski definition) is 3. The summed E-state index contributed by atoms with van der Waals surface area (Å²) in [6.45, 7) is 3.83. The van der Waals surface area contributed by atoms with Crippen LogP contribution in [0.25, 0.3) is 0 Å². The zero-order valence-electron chi connectivity index (χ0n) is 9.68. The maximum atomic E-state index is 11.2. The van der Waals surface area contributed by atoms with Crippen LogP contribution in [-0.2, 0) is 4.79 Å². The molecule has 0 spiro atoms. The van der Waals surface area contributed by atoms with Gasteiger partial charge in [-0.05, 0) is 19.9 Å². The molecule has 0 saturated carbocycles. The normalized spacial score (nSPS) is 26.9. The van der Waals surface area contributed by atoms with Gasteiger partial charge in [0.1, 0.15) is 11.9 Å². The fourth-order valence-corrected chi connectivity index (χ4v) is 3.37. The molecule has 2 atom stereocenters. The molecule has 2 rings (SSSR count). The maximum Gasteiger partial charge on any atom is 0.322 e. The molecule has 1 aliphatic heterocycles. The number of carboxylic acids is 1. The SMILES string of the molecule is CC1(C)S[C@H](c2cccnc2N)N[C@@H]1C(=O)O. The molecule has 1 aromatic heterocycles. The fourth-order valence-electron chi connectivity index (χ4n) is 1.93. The molecule has 0 aromatic carbocycles. The molecule has 0 aliphatic carbocycles. The van der Waals surface area contributed by atoms with E-state index in [0.717, 1.165) is 5.56 Å². The Kier molecular flexibility index (Phi) is 3.01. The van der Waals surface area contributed by atoms with Crippen molar-refractivity contribution in [1.29, 1.82) is 0 Å². The number of pyridine rings is 1. The molecule has 6 heteroatoms. The molecular weight excluding hydrogens is 238 g/mol. The van der Waals surface area contributed by atoms with Crippen LogP contribution in [-0.4, -0.2) is 26.8 Å². The summed E-state index contributed by atoms with van der Waals surface area (Å²) in [5.41, 5.74) is 6.64. The van der Waals surface area contributed by atoms with E-state index in [4.69, 9.17) is 10.8 Å². The van der Waals surface area contributed by atoms with Crippen molar-refractivity contribution in [1.82, 2.24) is 10.3 Å². The second-order valence-corrected chi connectivity index (χ2v) is 6.28. The van der Waals surface area contributed by atoms with Gasteiger partial charge in [-0.1, -0.05) is 6.07 Å². The summed E-state index contributed by atoms with van der Waals surface area (Å²) in [6, 6.07) is 3.08. The van der Waals surface area contributed by atoms with Crippen molar-refractivity contribution in [3.8, 4) is 0 Å². The number of aliphatic carboxylic acids is 1. The first-order valence-corrected chi connectivity index (χ1v) is 6.17. The van der Waals surface area contributed by atoms with Gasteiger partial charge >= 0.3 is 5.97 Å². The molecule has 5 nitrogen and oxygen atoms in total. The summed E-state index contributed by atoms with van der Waals surface area (Å²) in [5.74, 6) is -0.396. The van der Waals surface area contributed by atoms with Gasteiger partial charge in [0.15, 0.2) is 0 Å². The number of hydrogen-bond acceptors (Lipinski definition) is 5. The van der Waals surface area contributed by atoms with Crippen LogP contribution in [0, 0.1) is 0 Å². The second kappa shape index (κ2) is 4.19. The lowest BCUT2D eigenvalue weighted by atomic mass is 10.0. The number of nitrogens with one attached hydrogen (secondary N) is 1. The van der Waals surface area contributed by atoms with E-state index < -0.39 is 12.0 Å². The summed E-state index contributed by atoms with van der Waals surface area (Å²) < 4.78 is -0.376. The van der Waals surface area contributed by atoms with Crippen molar-refractivity contribution >= 4 is 23.5 Å². The highest BCUT2D eigenvalue weighted by molar-refractivity contribution is 8.01. The number of thioether (sulfide) groups is 1. The molecule has 4 N–H and O–H groups in total. The Morgan fingerprint density at radius 1 is 1.65 bits per heavy atom. The van der Waals surface area contributed by atoms with Crippen molar-refractivity contribution in [2.75, 3.05) is 5.73 Å². The highest BCUT2D eigenvalue weighted by atomic mass is 32.2. The molecule has 17 heavy (non-hydrogen) atoms. The molecule has 0 amide bonds. The van der Waals surface area contributed by atoms with Crippen LogP contribution in [0.3, 0.4) is 0 Å². The van der Waals surface area contributed by atoms with Gasteiger partial charge in [0.05, 0.1) is 5.37 Å². The largest absolute Gasteiger partial charge is 0.480 e. The van der Waals surface area contributed by atoms with E-state index in [1.165, 1.54) is 0 Å².